The minimum absolute atomic E-state index is 0.171. The van der Waals surface area contributed by atoms with E-state index in [1.54, 1.807) is 0 Å². The van der Waals surface area contributed by atoms with Gasteiger partial charge in [0.05, 0.1) is 0 Å². The Kier molecular flexibility index (Phi) is 3.09. The summed E-state index contributed by atoms with van der Waals surface area (Å²) in [5.74, 6) is 0.171. The number of hydrogen-bond donors (Lipinski definition) is 2. The molecule has 3 heteroatoms. The van der Waals surface area contributed by atoms with E-state index in [1.165, 1.54) is 0 Å². The van der Waals surface area contributed by atoms with Crippen molar-refractivity contribution < 1.29 is 9.90 Å². The van der Waals surface area contributed by atoms with Gasteiger partial charge in [-0.2, -0.15) is 0 Å². The molecular formula is C9H17NO2. The van der Waals surface area contributed by atoms with Gasteiger partial charge in [0.2, 0.25) is 5.91 Å². The van der Waals surface area contributed by atoms with Crippen molar-refractivity contribution in [1.29, 1.82) is 0 Å². The van der Waals surface area contributed by atoms with Crippen LogP contribution < -0.4 is 5.32 Å². The van der Waals surface area contributed by atoms with Gasteiger partial charge in [0.25, 0.3) is 0 Å². The van der Waals surface area contributed by atoms with E-state index < -0.39 is 0 Å². The topological polar surface area (TPSA) is 59.2 Å². The highest BCUT2D eigenvalue weighted by molar-refractivity contribution is 6.01. The lowest BCUT2D eigenvalue weighted by atomic mass is 9.97. The van der Waals surface area contributed by atoms with Gasteiger partial charge in [0, 0.05) is 6.61 Å². The van der Waals surface area contributed by atoms with Gasteiger partial charge < -0.3 is 10.4 Å². The van der Waals surface area contributed by atoms with Crippen LogP contribution in [0.5, 0.6) is 0 Å². The lowest BCUT2D eigenvalue weighted by molar-refractivity contribution is -0.112. The third kappa shape index (κ3) is 1.97. The third-order valence-corrected chi connectivity index (χ3v) is 2.44. The summed E-state index contributed by atoms with van der Waals surface area (Å²) < 4.78 is 0. The Labute approximate surface area is 73.2 Å². The summed E-state index contributed by atoms with van der Waals surface area (Å²) in [6, 6.07) is 0. The molecule has 3 nitrogen and oxygen atoms in total. The van der Waals surface area contributed by atoms with Crippen molar-refractivity contribution in [3.8, 4) is 0 Å². The standard InChI is InChI=1S/C9H17NO2/c1-2-3-5-9(6-4-7-11)8(12)10-9/h11H,2-7H2,1H3,(H,10,12). The summed E-state index contributed by atoms with van der Waals surface area (Å²) in [6.07, 6.45) is 4.66. The molecule has 1 unspecified atom stereocenters. The molecule has 70 valence electrons. The van der Waals surface area contributed by atoms with Crippen LogP contribution in [-0.4, -0.2) is 23.2 Å². The van der Waals surface area contributed by atoms with Crippen molar-refractivity contribution in [2.24, 2.45) is 0 Å². The Morgan fingerprint density at radius 2 is 2.00 bits per heavy atom. The van der Waals surface area contributed by atoms with Gasteiger partial charge in [-0.15, -0.1) is 0 Å². The molecule has 1 aliphatic rings. The lowest BCUT2D eigenvalue weighted by Gasteiger charge is -2.08. The Balaban J connectivity index is 2.27. The second-order valence-corrected chi connectivity index (χ2v) is 3.47. The second-order valence-electron chi connectivity index (χ2n) is 3.47. The molecule has 0 spiro atoms. The van der Waals surface area contributed by atoms with Crippen LogP contribution in [0, 0.1) is 0 Å². The minimum Gasteiger partial charge on any atom is -0.396 e. The molecule has 1 rings (SSSR count). The van der Waals surface area contributed by atoms with Crippen LogP contribution in [-0.2, 0) is 4.79 Å². The van der Waals surface area contributed by atoms with Crippen molar-refractivity contribution in [1.82, 2.24) is 5.32 Å². The Hall–Kier alpha value is -0.570. The quantitative estimate of drug-likeness (QED) is 0.581. The van der Waals surface area contributed by atoms with Gasteiger partial charge in [-0.05, 0) is 19.3 Å². The highest BCUT2D eigenvalue weighted by Gasteiger charge is 2.51. The fraction of sp³-hybridized carbons (Fsp3) is 0.889. The van der Waals surface area contributed by atoms with E-state index in [1.807, 2.05) is 0 Å². The molecule has 0 radical (unpaired) electrons. The Morgan fingerprint density at radius 3 is 2.42 bits per heavy atom. The summed E-state index contributed by atoms with van der Waals surface area (Å²) >= 11 is 0. The van der Waals surface area contributed by atoms with E-state index in [0.717, 1.165) is 32.1 Å². The van der Waals surface area contributed by atoms with Crippen LogP contribution in [0.1, 0.15) is 39.0 Å². The van der Waals surface area contributed by atoms with Crippen molar-refractivity contribution in [2.45, 2.75) is 44.6 Å². The molecule has 0 saturated carbocycles. The molecule has 1 amide bonds. The summed E-state index contributed by atoms with van der Waals surface area (Å²) in [7, 11) is 0. The smallest absolute Gasteiger partial charge is 0.246 e. The fourth-order valence-electron chi connectivity index (χ4n) is 1.52. The van der Waals surface area contributed by atoms with Crippen molar-refractivity contribution in [3.63, 3.8) is 0 Å². The zero-order valence-corrected chi connectivity index (χ0v) is 7.60. The maximum atomic E-state index is 11.0. The molecule has 0 aromatic rings. The largest absolute Gasteiger partial charge is 0.396 e. The van der Waals surface area contributed by atoms with Crippen LogP contribution in [0.3, 0.4) is 0 Å². The number of rotatable bonds is 6. The van der Waals surface area contributed by atoms with E-state index >= 15 is 0 Å². The Morgan fingerprint density at radius 1 is 1.42 bits per heavy atom. The van der Waals surface area contributed by atoms with Crippen LogP contribution in [0.4, 0.5) is 0 Å². The number of amides is 1. The van der Waals surface area contributed by atoms with Crippen LogP contribution >= 0.6 is 0 Å². The maximum Gasteiger partial charge on any atom is 0.246 e. The highest BCUT2D eigenvalue weighted by atomic mass is 16.3. The first kappa shape index (κ1) is 9.52. The minimum atomic E-state index is -0.237. The number of carbonyl (C=O) groups excluding carboxylic acids is 1. The summed E-state index contributed by atoms with van der Waals surface area (Å²) in [4.78, 5) is 11.0. The highest BCUT2D eigenvalue weighted by Crippen LogP contribution is 2.30. The molecule has 1 saturated heterocycles. The molecule has 2 N–H and O–H groups in total. The maximum absolute atomic E-state index is 11.0. The predicted molar refractivity (Wildman–Crippen MR) is 46.7 cm³/mol. The predicted octanol–water partition coefficient (Wildman–Crippen LogP) is 0.818. The van der Waals surface area contributed by atoms with E-state index in [4.69, 9.17) is 5.11 Å². The second kappa shape index (κ2) is 3.90. The van der Waals surface area contributed by atoms with E-state index in [9.17, 15) is 4.79 Å². The zero-order valence-electron chi connectivity index (χ0n) is 7.60. The molecule has 0 aliphatic carbocycles. The van der Waals surface area contributed by atoms with Gasteiger partial charge in [0.1, 0.15) is 5.54 Å². The van der Waals surface area contributed by atoms with Crippen molar-refractivity contribution >= 4 is 5.91 Å². The van der Waals surface area contributed by atoms with Gasteiger partial charge >= 0.3 is 0 Å². The molecule has 0 aromatic carbocycles. The third-order valence-electron chi connectivity index (χ3n) is 2.44. The number of aliphatic hydroxyl groups excluding tert-OH is 1. The van der Waals surface area contributed by atoms with E-state index in [2.05, 4.69) is 12.2 Å². The first-order chi connectivity index (χ1) is 5.75. The molecule has 0 bridgehead atoms. The average Bonchev–Trinajstić information content (AvgIpc) is 2.71. The average molecular weight is 171 g/mol. The molecule has 12 heavy (non-hydrogen) atoms. The van der Waals surface area contributed by atoms with Crippen LogP contribution in [0.25, 0.3) is 0 Å². The zero-order chi connectivity index (χ0) is 9.03. The summed E-state index contributed by atoms with van der Waals surface area (Å²) in [5.41, 5.74) is -0.237. The molecule has 0 aromatic heterocycles. The van der Waals surface area contributed by atoms with Gasteiger partial charge in [0.15, 0.2) is 0 Å². The molecule has 1 aliphatic heterocycles. The first-order valence-corrected chi connectivity index (χ1v) is 4.68. The molecular weight excluding hydrogens is 154 g/mol. The molecule has 1 fully saturated rings. The van der Waals surface area contributed by atoms with Gasteiger partial charge in [-0.3, -0.25) is 4.79 Å². The van der Waals surface area contributed by atoms with E-state index in [0.29, 0.717) is 0 Å². The number of carbonyl (C=O) groups is 1. The van der Waals surface area contributed by atoms with Crippen molar-refractivity contribution in [3.05, 3.63) is 0 Å². The SMILES string of the molecule is CCCCC1(CCCO)NC1=O. The normalized spacial score (nSPS) is 27.0. The fourth-order valence-corrected chi connectivity index (χ4v) is 1.52. The van der Waals surface area contributed by atoms with Gasteiger partial charge in [-0.25, -0.2) is 0 Å². The lowest BCUT2D eigenvalue weighted by Crippen LogP contribution is -2.16. The summed E-state index contributed by atoms with van der Waals surface area (Å²) in [6.45, 7) is 2.30. The summed E-state index contributed by atoms with van der Waals surface area (Å²) in [5, 5.41) is 11.5. The first-order valence-electron chi connectivity index (χ1n) is 4.68. The van der Waals surface area contributed by atoms with Crippen LogP contribution in [0.2, 0.25) is 0 Å². The molecule has 1 heterocycles. The number of hydrogen-bond acceptors (Lipinski definition) is 2. The van der Waals surface area contributed by atoms with Crippen LogP contribution in [0.15, 0.2) is 0 Å². The molecule has 1 atom stereocenters. The number of aliphatic hydroxyl groups is 1. The number of unbranched alkanes of at least 4 members (excludes halogenated alkanes) is 1. The Bertz CT molecular complexity index is 160. The van der Waals surface area contributed by atoms with Gasteiger partial charge in [-0.1, -0.05) is 19.8 Å². The monoisotopic (exact) mass is 171 g/mol. The van der Waals surface area contributed by atoms with E-state index in [-0.39, 0.29) is 18.1 Å². The van der Waals surface area contributed by atoms with Crippen molar-refractivity contribution in [2.75, 3.05) is 6.61 Å². The number of nitrogens with one attached hydrogen (secondary N) is 1.